The molecule has 5 N–H and O–H groups in total. The minimum Gasteiger partial charge on any atom is -0.329 e. The Kier molecular flexibility index (Phi) is 4.54. The van der Waals surface area contributed by atoms with Gasteiger partial charge in [-0.3, -0.25) is 5.32 Å². The predicted octanol–water partition coefficient (Wildman–Crippen LogP) is -0.994. The molecule has 0 saturated carbocycles. The number of rotatable bonds is 4. The first-order valence-electron chi connectivity index (χ1n) is 2.63. The Morgan fingerprint density at radius 1 is 1.75 bits per heavy atom. The van der Waals surface area contributed by atoms with Crippen LogP contribution in [0.5, 0.6) is 0 Å². The van der Waals surface area contributed by atoms with E-state index in [1.165, 1.54) is 0 Å². The quantitative estimate of drug-likeness (QED) is 0.325. The maximum absolute atomic E-state index is 5.37. The molecule has 1 unspecified atom stereocenters. The summed E-state index contributed by atoms with van der Waals surface area (Å²) in [4.78, 5) is 0. The molecule has 0 bridgehead atoms. The number of nitrogens with two attached hydrogens (primary N) is 2. The van der Waals surface area contributed by atoms with E-state index >= 15 is 0 Å². The maximum Gasteiger partial charge on any atom is 0.0736 e. The van der Waals surface area contributed by atoms with Gasteiger partial charge in [-0.05, 0) is 0 Å². The predicted molar refractivity (Wildman–Crippen MR) is 35.2 cm³/mol. The molecule has 1 atom stereocenters. The SMILES string of the molecule is C=CC(N)NCCN. The average Bonchev–Trinajstić information content (AvgIpc) is 1.83. The van der Waals surface area contributed by atoms with Crippen LogP contribution in [0.1, 0.15) is 0 Å². The van der Waals surface area contributed by atoms with Crippen LogP contribution in [0.4, 0.5) is 0 Å². The third-order valence-corrected chi connectivity index (χ3v) is 0.778. The fraction of sp³-hybridized carbons (Fsp3) is 0.600. The molecule has 0 aliphatic heterocycles. The number of hydrogen-bond acceptors (Lipinski definition) is 3. The molecule has 3 nitrogen and oxygen atoms in total. The van der Waals surface area contributed by atoms with Crippen molar-refractivity contribution in [2.75, 3.05) is 13.1 Å². The fourth-order valence-electron chi connectivity index (χ4n) is 0.333. The van der Waals surface area contributed by atoms with Crippen LogP contribution < -0.4 is 16.8 Å². The van der Waals surface area contributed by atoms with Crippen molar-refractivity contribution in [3.63, 3.8) is 0 Å². The maximum atomic E-state index is 5.37. The summed E-state index contributed by atoms with van der Waals surface area (Å²) in [6, 6.07) is 0. The zero-order valence-electron chi connectivity index (χ0n) is 4.93. The minimum atomic E-state index is -0.112. The third kappa shape index (κ3) is 3.80. The summed E-state index contributed by atoms with van der Waals surface area (Å²) in [6.07, 6.45) is 1.52. The van der Waals surface area contributed by atoms with E-state index in [1.807, 2.05) is 0 Å². The largest absolute Gasteiger partial charge is 0.329 e. The first-order valence-corrected chi connectivity index (χ1v) is 2.63. The van der Waals surface area contributed by atoms with Gasteiger partial charge < -0.3 is 11.5 Å². The van der Waals surface area contributed by atoms with Crippen molar-refractivity contribution >= 4 is 0 Å². The molecule has 48 valence electrons. The monoisotopic (exact) mass is 115 g/mol. The van der Waals surface area contributed by atoms with Crippen LogP contribution in [0.2, 0.25) is 0 Å². The fourth-order valence-corrected chi connectivity index (χ4v) is 0.333. The van der Waals surface area contributed by atoms with E-state index in [2.05, 4.69) is 11.9 Å². The van der Waals surface area contributed by atoms with Gasteiger partial charge in [0.2, 0.25) is 0 Å². The Bertz CT molecular complexity index is 62.7. The summed E-state index contributed by atoms with van der Waals surface area (Å²) < 4.78 is 0. The van der Waals surface area contributed by atoms with Crippen molar-refractivity contribution in [1.82, 2.24) is 5.32 Å². The second kappa shape index (κ2) is 4.77. The second-order valence-electron chi connectivity index (χ2n) is 1.50. The van der Waals surface area contributed by atoms with Crippen molar-refractivity contribution in [2.24, 2.45) is 11.5 Å². The van der Waals surface area contributed by atoms with E-state index < -0.39 is 0 Å². The van der Waals surface area contributed by atoms with Gasteiger partial charge in [-0.25, -0.2) is 0 Å². The highest BCUT2D eigenvalue weighted by atomic mass is 15.0. The molecular formula is C5H13N3. The Morgan fingerprint density at radius 2 is 2.38 bits per heavy atom. The molecule has 0 aliphatic rings. The first kappa shape index (κ1) is 7.62. The van der Waals surface area contributed by atoms with Gasteiger partial charge in [0.1, 0.15) is 0 Å². The molecule has 0 heterocycles. The Hall–Kier alpha value is -0.380. The highest BCUT2D eigenvalue weighted by molar-refractivity contribution is 4.79. The molecule has 0 spiro atoms. The third-order valence-electron chi connectivity index (χ3n) is 0.778. The average molecular weight is 115 g/mol. The van der Waals surface area contributed by atoms with Gasteiger partial charge in [-0.15, -0.1) is 6.58 Å². The van der Waals surface area contributed by atoms with Crippen LogP contribution in [-0.2, 0) is 0 Å². The van der Waals surface area contributed by atoms with E-state index in [0.717, 1.165) is 6.54 Å². The van der Waals surface area contributed by atoms with Gasteiger partial charge in [-0.2, -0.15) is 0 Å². The van der Waals surface area contributed by atoms with Crippen LogP contribution >= 0.6 is 0 Å². The van der Waals surface area contributed by atoms with Gasteiger partial charge in [0, 0.05) is 13.1 Å². The van der Waals surface area contributed by atoms with Crippen molar-refractivity contribution < 1.29 is 0 Å². The molecule has 8 heavy (non-hydrogen) atoms. The smallest absolute Gasteiger partial charge is 0.0736 e. The van der Waals surface area contributed by atoms with Crippen LogP contribution in [0.25, 0.3) is 0 Å². The van der Waals surface area contributed by atoms with Crippen LogP contribution in [0.15, 0.2) is 12.7 Å². The lowest BCUT2D eigenvalue weighted by Gasteiger charge is -2.05. The summed E-state index contributed by atoms with van der Waals surface area (Å²) in [6.45, 7) is 4.84. The van der Waals surface area contributed by atoms with Crippen molar-refractivity contribution in [3.05, 3.63) is 12.7 Å². The van der Waals surface area contributed by atoms with Crippen LogP contribution in [0, 0.1) is 0 Å². The van der Waals surface area contributed by atoms with Gasteiger partial charge in [0.15, 0.2) is 0 Å². The summed E-state index contributed by atoms with van der Waals surface area (Å²) >= 11 is 0. The molecule has 0 aromatic rings. The molecule has 0 rings (SSSR count). The summed E-state index contributed by atoms with van der Waals surface area (Å²) in [5.74, 6) is 0. The summed E-state index contributed by atoms with van der Waals surface area (Å²) in [5.41, 5.74) is 10.6. The summed E-state index contributed by atoms with van der Waals surface area (Å²) in [5, 5.41) is 2.92. The van der Waals surface area contributed by atoms with Gasteiger partial charge in [0.25, 0.3) is 0 Å². The van der Waals surface area contributed by atoms with E-state index in [4.69, 9.17) is 11.5 Å². The lowest BCUT2D eigenvalue weighted by atomic mass is 10.5. The standard InChI is InChI=1S/C5H13N3/c1-2-5(7)8-4-3-6/h2,5,8H,1,3-4,6-7H2. The van der Waals surface area contributed by atoms with E-state index in [-0.39, 0.29) is 6.17 Å². The molecule has 0 radical (unpaired) electrons. The van der Waals surface area contributed by atoms with E-state index in [0.29, 0.717) is 6.54 Å². The van der Waals surface area contributed by atoms with Crippen LogP contribution in [0.3, 0.4) is 0 Å². The lowest BCUT2D eigenvalue weighted by molar-refractivity contribution is 0.619. The molecular weight excluding hydrogens is 102 g/mol. The second-order valence-corrected chi connectivity index (χ2v) is 1.50. The van der Waals surface area contributed by atoms with E-state index in [9.17, 15) is 0 Å². The molecule has 3 heteroatoms. The number of nitrogens with one attached hydrogen (secondary N) is 1. The van der Waals surface area contributed by atoms with E-state index in [1.54, 1.807) is 6.08 Å². The van der Waals surface area contributed by atoms with Crippen LogP contribution in [-0.4, -0.2) is 19.3 Å². The van der Waals surface area contributed by atoms with Crippen molar-refractivity contribution in [3.8, 4) is 0 Å². The summed E-state index contributed by atoms with van der Waals surface area (Å²) in [7, 11) is 0. The van der Waals surface area contributed by atoms with Crippen molar-refractivity contribution in [1.29, 1.82) is 0 Å². The molecule has 0 aromatic heterocycles. The molecule has 0 fully saturated rings. The van der Waals surface area contributed by atoms with Gasteiger partial charge in [-0.1, -0.05) is 6.08 Å². The van der Waals surface area contributed by atoms with Gasteiger partial charge >= 0.3 is 0 Å². The highest BCUT2D eigenvalue weighted by Crippen LogP contribution is 1.67. The molecule has 0 aliphatic carbocycles. The topological polar surface area (TPSA) is 64.1 Å². The lowest BCUT2D eigenvalue weighted by Crippen LogP contribution is -2.38. The number of hydrogen-bond donors (Lipinski definition) is 3. The minimum absolute atomic E-state index is 0.112. The normalized spacial score (nSPS) is 13.2. The zero-order valence-corrected chi connectivity index (χ0v) is 4.93. The Labute approximate surface area is 49.7 Å². The molecule has 0 saturated heterocycles. The Morgan fingerprint density at radius 3 is 2.75 bits per heavy atom. The molecule has 0 aromatic carbocycles. The van der Waals surface area contributed by atoms with Crippen molar-refractivity contribution in [2.45, 2.75) is 6.17 Å². The zero-order chi connectivity index (χ0) is 6.41. The highest BCUT2D eigenvalue weighted by Gasteiger charge is 1.88. The Balaban J connectivity index is 2.98. The molecule has 0 amide bonds. The van der Waals surface area contributed by atoms with Gasteiger partial charge in [0.05, 0.1) is 6.17 Å². The first-order chi connectivity index (χ1) is 3.81.